The zero-order valence-corrected chi connectivity index (χ0v) is 10.3. The largest absolute Gasteiger partial charge is 0.393 e. The minimum absolute atomic E-state index is 0.133. The molecule has 1 atom stereocenters. The van der Waals surface area contributed by atoms with Crippen LogP contribution in [0.2, 0.25) is 0 Å². The van der Waals surface area contributed by atoms with Gasteiger partial charge in [-0.2, -0.15) is 0 Å². The summed E-state index contributed by atoms with van der Waals surface area (Å²) in [7, 11) is 0. The Bertz CT molecular complexity index is 380. The number of nitrogens with one attached hydrogen (secondary N) is 1. The molecule has 0 aliphatic rings. The van der Waals surface area contributed by atoms with E-state index in [1.807, 2.05) is 31.2 Å². The van der Waals surface area contributed by atoms with Crippen LogP contribution < -0.4 is 5.32 Å². The molecule has 1 rings (SSSR count). The molecule has 92 valence electrons. The maximum atomic E-state index is 11.4. The van der Waals surface area contributed by atoms with Gasteiger partial charge in [0.15, 0.2) is 0 Å². The van der Waals surface area contributed by atoms with E-state index in [4.69, 9.17) is 5.11 Å². The van der Waals surface area contributed by atoms with E-state index in [0.29, 0.717) is 13.0 Å². The second kappa shape index (κ2) is 6.86. The molecule has 1 aromatic carbocycles. The van der Waals surface area contributed by atoms with Crippen molar-refractivity contribution in [2.24, 2.45) is 0 Å². The van der Waals surface area contributed by atoms with Crippen LogP contribution in [0.4, 0.5) is 0 Å². The van der Waals surface area contributed by atoms with Crippen LogP contribution in [0.15, 0.2) is 30.3 Å². The highest BCUT2D eigenvalue weighted by Gasteiger charge is 1.97. The molecule has 0 spiro atoms. The van der Waals surface area contributed by atoms with Crippen molar-refractivity contribution in [2.45, 2.75) is 26.4 Å². The van der Waals surface area contributed by atoms with Gasteiger partial charge in [0.1, 0.15) is 0 Å². The van der Waals surface area contributed by atoms with E-state index in [1.54, 1.807) is 13.0 Å². The fraction of sp³-hybridized carbons (Fsp3) is 0.357. The van der Waals surface area contributed by atoms with Crippen molar-refractivity contribution >= 4 is 12.0 Å². The van der Waals surface area contributed by atoms with Crippen molar-refractivity contribution in [1.29, 1.82) is 0 Å². The van der Waals surface area contributed by atoms with Gasteiger partial charge < -0.3 is 10.4 Å². The summed E-state index contributed by atoms with van der Waals surface area (Å²) in [5, 5.41) is 11.7. The van der Waals surface area contributed by atoms with Crippen molar-refractivity contribution in [1.82, 2.24) is 5.32 Å². The monoisotopic (exact) mass is 233 g/mol. The van der Waals surface area contributed by atoms with Gasteiger partial charge in [0.25, 0.3) is 0 Å². The first-order chi connectivity index (χ1) is 8.08. The molecule has 0 aliphatic carbocycles. The third-order valence-corrected chi connectivity index (χ3v) is 2.37. The number of rotatable bonds is 5. The Hall–Kier alpha value is -1.61. The van der Waals surface area contributed by atoms with Crippen LogP contribution in [0, 0.1) is 6.92 Å². The molecule has 3 heteroatoms. The van der Waals surface area contributed by atoms with Gasteiger partial charge in [0, 0.05) is 12.6 Å². The molecule has 0 aliphatic heterocycles. The van der Waals surface area contributed by atoms with Crippen molar-refractivity contribution in [3.63, 3.8) is 0 Å². The Balaban J connectivity index is 2.37. The standard InChI is InChI=1S/C14H19NO2/c1-11-3-5-13(6-4-11)7-8-14(17)15-10-9-12(2)16/h3-8,12,16H,9-10H2,1-2H3,(H,15,17). The first-order valence-corrected chi connectivity index (χ1v) is 5.78. The number of hydrogen-bond acceptors (Lipinski definition) is 2. The topological polar surface area (TPSA) is 49.3 Å². The number of hydrogen-bond donors (Lipinski definition) is 2. The first-order valence-electron chi connectivity index (χ1n) is 5.78. The van der Waals surface area contributed by atoms with Gasteiger partial charge in [-0.25, -0.2) is 0 Å². The molecule has 0 fully saturated rings. The predicted octanol–water partition coefficient (Wildman–Crippen LogP) is 1.90. The molecule has 3 nitrogen and oxygen atoms in total. The average molecular weight is 233 g/mol. The molecule has 1 unspecified atom stereocenters. The molecule has 0 radical (unpaired) electrons. The maximum absolute atomic E-state index is 11.4. The highest BCUT2D eigenvalue weighted by Crippen LogP contribution is 2.04. The van der Waals surface area contributed by atoms with E-state index < -0.39 is 0 Å². The summed E-state index contributed by atoms with van der Waals surface area (Å²) < 4.78 is 0. The highest BCUT2D eigenvalue weighted by molar-refractivity contribution is 5.91. The molecule has 0 saturated carbocycles. The Morgan fingerprint density at radius 1 is 1.41 bits per heavy atom. The minimum Gasteiger partial charge on any atom is -0.393 e. The van der Waals surface area contributed by atoms with Crippen LogP contribution in [-0.2, 0) is 4.79 Å². The van der Waals surface area contributed by atoms with Gasteiger partial charge in [0.05, 0.1) is 6.10 Å². The number of carbonyl (C=O) groups excluding carboxylic acids is 1. The van der Waals surface area contributed by atoms with Gasteiger partial charge >= 0.3 is 0 Å². The second-order valence-electron chi connectivity index (χ2n) is 4.17. The second-order valence-corrected chi connectivity index (χ2v) is 4.17. The highest BCUT2D eigenvalue weighted by atomic mass is 16.3. The lowest BCUT2D eigenvalue weighted by atomic mass is 10.1. The van der Waals surface area contributed by atoms with Gasteiger partial charge in [0.2, 0.25) is 5.91 Å². The minimum atomic E-state index is -0.378. The van der Waals surface area contributed by atoms with Crippen LogP contribution in [-0.4, -0.2) is 23.7 Å². The summed E-state index contributed by atoms with van der Waals surface area (Å²) in [6.07, 6.45) is 3.48. The normalized spacial score (nSPS) is 12.6. The van der Waals surface area contributed by atoms with E-state index >= 15 is 0 Å². The van der Waals surface area contributed by atoms with Crippen LogP contribution in [0.1, 0.15) is 24.5 Å². The van der Waals surface area contributed by atoms with Crippen LogP contribution in [0.3, 0.4) is 0 Å². The average Bonchev–Trinajstić information content (AvgIpc) is 2.28. The Kier molecular flexibility index (Phi) is 5.43. The molecular formula is C14H19NO2. The Morgan fingerprint density at radius 2 is 2.06 bits per heavy atom. The molecule has 0 bridgehead atoms. The summed E-state index contributed by atoms with van der Waals surface area (Å²) in [6, 6.07) is 7.94. The lowest BCUT2D eigenvalue weighted by Gasteiger charge is -2.03. The molecular weight excluding hydrogens is 214 g/mol. The fourth-order valence-electron chi connectivity index (χ4n) is 1.31. The lowest BCUT2D eigenvalue weighted by molar-refractivity contribution is -0.116. The summed E-state index contributed by atoms with van der Waals surface area (Å²) in [5.41, 5.74) is 2.20. The molecule has 0 heterocycles. The summed E-state index contributed by atoms with van der Waals surface area (Å²) >= 11 is 0. The van der Waals surface area contributed by atoms with Gasteiger partial charge in [-0.15, -0.1) is 0 Å². The number of benzene rings is 1. The molecule has 0 saturated heterocycles. The number of carbonyl (C=O) groups is 1. The summed E-state index contributed by atoms with van der Waals surface area (Å²) in [5.74, 6) is -0.133. The van der Waals surface area contributed by atoms with E-state index in [-0.39, 0.29) is 12.0 Å². The zero-order chi connectivity index (χ0) is 12.7. The quantitative estimate of drug-likeness (QED) is 0.763. The third kappa shape index (κ3) is 5.88. The van der Waals surface area contributed by atoms with Crippen LogP contribution in [0.25, 0.3) is 6.08 Å². The van der Waals surface area contributed by atoms with Gasteiger partial charge in [-0.1, -0.05) is 29.8 Å². The Morgan fingerprint density at radius 3 is 2.65 bits per heavy atom. The molecule has 1 amide bonds. The maximum Gasteiger partial charge on any atom is 0.244 e. The fourth-order valence-corrected chi connectivity index (χ4v) is 1.31. The predicted molar refractivity (Wildman–Crippen MR) is 69.5 cm³/mol. The number of amides is 1. The van der Waals surface area contributed by atoms with E-state index in [0.717, 1.165) is 5.56 Å². The van der Waals surface area contributed by atoms with Crippen molar-refractivity contribution in [3.8, 4) is 0 Å². The van der Waals surface area contributed by atoms with E-state index in [2.05, 4.69) is 5.32 Å². The number of aryl methyl sites for hydroxylation is 1. The number of aliphatic hydroxyl groups is 1. The SMILES string of the molecule is Cc1ccc(C=CC(=O)NCCC(C)O)cc1. The molecule has 0 aromatic heterocycles. The van der Waals surface area contributed by atoms with Crippen molar-refractivity contribution in [2.75, 3.05) is 6.54 Å². The van der Waals surface area contributed by atoms with E-state index in [1.165, 1.54) is 11.6 Å². The molecule has 2 N–H and O–H groups in total. The van der Waals surface area contributed by atoms with Crippen LogP contribution >= 0.6 is 0 Å². The van der Waals surface area contributed by atoms with E-state index in [9.17, 15) is 4.79 Å². The summed E-state index contributed by atoms with van der Waals surface area (Å²) in [4.78, 5) is 11.4. The van der Waals surface area contributed by atoms with Crippen molar-refractivity contribution in [3.05, 3.63) is 41.5 Å². The number of aliphatic hydroxyl groups excluding tert-OH is 1. The lowest BCUT2D eigenvalue weighted by Crippen LogP contribution is -2.24. The summed E-state index contributed by atoms with van der Waals surface area (Å²) in [6.45, 7) is 4.22. The smallest absolute Gasteiger partial charge is 0.244 e. The molecule has 17 heavy (non-hydrogen) atoms. The van der Waals surface area contributed by atoms with Gasteiger partial charge in [-0.3, -0.25) is 4.79 Å². The Labute approximate surface area is 102 Å². The zero-order valence-electron chi connectivity index (χ0n) is 10.3. The van der Waals surface area contributed by atoms with Gasteiger partial charge in [-0.05, 0) is 31.9 Å². The van der Waals surface area contributed by atoms with Crippen molar-refractivity contribution < 1.29 is 9.90 Å². The molecule has 1 aromatic rings. The first kappa shape index (κ1) is 13.5. The third-order valence-electron chi connectivity index (χ3n) is 2.37. The van der Waals surface area contributed by atoms with Crippen LogP contribution in [0.5, 0.6) is 0 Å².